The van der Waals surface area contributed by atoms with Crippen LogP contribution in [-0.2, 0) is 4.79 Å². The molecule has 4 aromatic rings. The van der Waals surface area contributed by atoms with Crippen LogP contribution in [0.1, 0.15) is 29.6 Å². The Morgan fingerprint density at radius 3 is 2.39 bits per heavy atom. The molecular formula is C26H20F2N2O2S. The summed E-state index contributed by atoms with van der Waals surface area (Å²) in [4.78, 5) is 28.2. The van der Waals surface area contributed by atoms with Crippen LogP contribution in [0.15, 0.2) is 60.7 Å². The van der Waals surface area contributed by atoms with Gasteiger partial charge in [-0.1, -0.05) is 54.2 Å². The van der Waals surface area contributed by atoms with Crippen molar-refractivity contribution in [1.29, 1.82) is 0 Å². The molecule has 0 bridgehead atoms. The number of anilines is 2. The van der Waals surface area contributed by atoms with E-state index in [2.05, 4.69) is 10.3 Å². The van der Waals surface area contributed by atoms with Crippen LogP contribution in [0.5, 0.6) is 0 Å². The van der Waals surface area contributed by atoms with Gasteiger partial charge >= 0.3 is 0 Å². The molecule has 3 aromatic carbocycles. The molecule has 0 aliphatic heterocycles. The average Bonchev–Trinajstić information content (AvgIpc) is 3.46. The number of carbonyl (C=O) groups is 2. The summed E-state index contributed by atoms with van der Waals surface area (Å²) >= 11 is 1.18. The molecule has 0 amide bonds. The third kappa shape index (κ3) is 4.28. The summed E-state index contributed by atoms with van der Waals surface area (Å²) in [6.07, 6.45) is 3.40. The van der Waals surface area contributed by atoms with E-state index >= 15 is 0 Å². The van der Waals surface area contributed by atoms with Crippen molar-refractivity contribution >= 4 is 44.4 Å². The van der Waals surface area contributed by atoms with Crippen LogP contribution in [0.3, 0.4) is 0 Å². The third-order valence-electron chi connectivity index (χ3n) is 6.13. The zero-order chi connectivity index (χ0) is 22.9. The molecule has 1 N–H and O–H groups in total. The smallest absolute Gasteiger partial charge is 0.188 e. The number of ketones is 1. The number of hydrogen-bond acceptors (Lipinski definition) is 5. The minimum Gasteiger partial charge on any atom is -0.332 e. The molecule has 166 valence electrons. The second-order valence-corrected chi connectivity index (χ2v) is 9.27. The zero-order valence-corrected chi connectivity index (χ0v) is 18.4. The van der Waals surface area contributed by atoms with Gasteiger partial charge in [0.15, 0.2) is 16.7 Å². The van der Waals surface area contributed by atoms with E-state index in [-0.39, 0.29) is 23.1 Å². The second-order valence-electron chi connectivity index (χ2n) is 8.23. The summed E-state index contributed by atoms with van der Waals surface area (Å²) in [5.41, 5.74) is 3.49. The van der Waals surface area contributed by atoms with Gasteiger partial charge in [-0.15, -0.1) is 0 Å². The number of Topliss-reactive ketones (excluding diaryl/α,β-unsaturated/α-hetero) is 1. The van der Waals surface area contributed by atoms with Crippen molar-refractivity contribution in [2.75, 3.05) is 5.32 Å². The van der Waals surface area contributed by atoms with Crippen molar-refractivity contribution in [2.45, 2.75) is 19.3 Å². The number of nitrogens with zero attached hydrogens (tertiary/aromatic N) is 1. The molecule has 1 aliphatic rings. The maximum atomic E-state index is 13.9. The van der Waals surface area contributed by atoms with Crippen LogP contribution >= 0.6 is 11.3 Å². The molecule has 4 nitrogen and oxygen atoms in total. The number of thiazole rings is 1. The number of rotatable bonds is 6. The first kappa shape index (κ1) is 21.4. The summed E-state index contributed by atoms with van der Waals surface area (Å²) in [5, 5.41) is 3.61. The van der Waals surface area contributed by atoms with Crippen molar-refractivity contribution in [3.63, 3.8) is 0 Å². The number of fused-ring (bicyclic) bond motifs is 1. The molecule has 0 unspecified atom stereocenters. The van der Waals surface area contributed by atoms with Crippen LogP contribution in [0, 0.1) is 23.5 Å². The van der Waals surface area contributed by atoms with Crippen LogP contribution in [-0.4, -0.2) is 17.1 Å². The van der Waals surface area contributed by atoms with Gasteiger partial charge in [0, 0.05) is 29.2 Å². The third-order valence-corrected chi connectivity index (χ3v) is 7.05. The fraction of sp³-hybridized carbons (Fsp3) is 0.192. The lowest BCUT2D eigenvalue weighted by molar-refractivity contribution is -0.111. The predicted octanol–water partition coefficient (Wildman–Crippen LogP) is 6.78. The molecule has 0 saturated heterocycles. The Morgan fingerprint density at radius 2 is 1.70 bits per heavy atom. The number of aromatic nitrogens is 1. The molecule has 2 atom stereocenters. The Morgan fingerprint density at radius 1 is 1.00 bits per heavy atom. The molecular weight excluding hydrogens is 442 g/mol. The van der Waals surface area contributed by atoms with E-state index in [4.69, 9.17) is 0 Å². The van der Waals surface area contributed by atoms with Gasteiger partial charge in [0.1, 0.15) is 17.6 Å². The fourth-order valence-electron chi connectivity index (χ4n) is 4.40. The topological polar surface area (TPSA) is 59.1 Å². The van der Waals surface area contributed by atoms with Crippen LogP contribution < -0.4 is 5.32 Å². The van der Waals surface area contributed by atoms with E-state index in [1.165, 1.54) is 17.4 Å². The van der Waals surface area contributed by atoms with Gasteiger partial charge in [-0.3, -0.25) is 4.79 Å². The Labute approximate surface area is 193 Å². The van der Waals surface area contributed by atoms with Crippen LogP contribution in [0.25, 0.3) is 21.3 Å². The quantitative estimate of drug-likeness (QED) is 0.253. The Bertz CT molecular complexity index is 1330. The lowest BCUT2D eigenvalue weighted by Gasteiger charge is -2.13. The number of hydrogen-bond donors (Lipinski definition) is 1. The second kappa shape index (κ2) is 8.83. The van der Waals surface area contributed by atoms with Crippen LogP contribution in [0.2, 0.25) is 0 Å². The van der Waals surface area contributed by atoms with Crippen LogP contribution in [0.4, 0.5) is 19.6 Å². The lowest BCUT2D eigenvalue weighted by atomic mass is 9.89. The van der Waals surface area contributed by atoms with Gasteiger partial charge in [0.25, 0.3) is 0 Å². The molecule has 1 heterocycles. The number of halogens is 2. The van der Waals surface area contributed by atoms with Crippen molar-refractivity contribution in [1.82, 2.24) is 4.98 Å². The predicted molar refractivity (Wildman–Crippen MR) is 126 cm³/mol. The maximum absolute atomic E-state index is 13.9. The molecule has 1 aromatic heterocycles. The van der Waals surface area contributed by atoms with Gasteiger partial charge < -0.3 is 10.1 Å². The largest absolute Gasteiger partial charge is 0.332 e. The van der Waals surface area contributed by atoms with E-state index in [0.29, 0.717) is 15.4 Å². The summed E-state index contributed by atoms with van der Waals surface area (Å²) in [6.45, 7) is 0. The normalized spacial score (nSPS) is 17.9. The maximum Gasteiger partial charge on any atom is 0.188 e. The highest BCUT2D eigenvalue weighted by Crippen LogP contribution is 2.34. The van der Waals surface area contributed by atoms with E-state index in [1.54, 1.807) is 0 Å². The van der Waals surface area contributed by atoms with Gasteiger partial charge in [0.05, 0.1) is 4.70 Å². The standard InChI is InChI=1S/C26H20F2N2O2S/c27-19-12-22(28)24-23(13-19)33-26(30-24)29-20-10-8-16(9-11-20)15-4-6-17(7-5-15)25(32)21-3-1-2-18(21)14-31/h4-14,18,21H,1-3H2,(H,29,30)/t18-,21+/m0/s1. The Balaban J connectivity index is 1.30. The van der Waals surface area contributed by atoms with Crippen molar-refractivity contribution < 1.29 is 18.4 Å². The van der Waals surface area contributed by atoms with Gasteiger partial charge in [-0.25, -0.2) is 13.8 Å². The van der Waals surface area contributed by atoms with Gasteiger partial charge in [-0.2, -0.15) is 0 Å². The number of carbonyl (C=O) groups excluding carboxylic acids is 2. The highest BCUT2D eigenvalue weighted by atomic mass is 32.1. The molecule has 5 rings (SSSR count). The summed E-state index contributed by atoms with van der Waals surface area (Å²) < 4.78 is 27.7. The number of benzene rings is 3. The van der Waals surface area contributed by atoms with Gasteiger partial charge in [-0.05, 0) is 42.2 Å². The monoisotopic (exact) mass is 462 g/mol. The van der Waals surface area contributed by atoms with E-state index < -0.39 is 11.6 Å². The minimum atomic E-state index is -0.679. The zero-order valence-electron chi connectivity index (χ0n) is 17.6. The SMILES string of the molecule is O=C[C@@H]1CCC[C@H]1C(=O)c1ccc(-c2ccc(Nc3nc4c(F)cc(F)cc4s3)cc2)cc1. The average molecular weight is 463 g/mol. The molecule has 0 spiro atoms. The highest BCUT2D eigenvalue weighted by molar-refractivity contribution is 7.22. The minimum absolute atomic E-state index is 0.0443. The number of nitrogens with one attached hydrogen (secondary N) is 1. The summed E-state index contributed by atoms with van der Waals surface area (Å²) in [5.74, 6) is -1.63. The molecule has 7 heteroatoms. The fourth-order valence-corrected chi connectivity index (χ4v) is 5.32. The first-order valence-electron chi connectivity index (χ1n) is 10.7. The molecule has 33 heavy (non-hydrogen) atoms. The first-order valence-corrected chi connectivity index (χ1v) is 11.6. The molecule has 1 saturated carbocycles. The summed E-state index contributed by atoms with van der Waals surface area (Å²) in [6, 6.07) is 17.2. The first-order chi connectivity index (χ1) is 16.0. The molecule has 1 aliphatic carbocycles. The lowest BCUT2D eigenvalue weighted by Crippen LogP contribution is -2.20. The van der Waals surface area contributed by atoms with Crippen molar-refractivity contribution in [3.8, 4) is 11.1 Å². The molecule has 1 fully saturated rings. The Hall–Kier alpha value is -3.45. The van der Waals surface area contributed by atoms with E-state index in [9.17, 15) is 18.4 Å². The van der Waals surface area contributed by atoms with E-state index in [0.717, 1.165) is 48.4 Å². The van der Waals surface area contributed by atoms with E-state index in [1.807, 2.05) is 48.5 Å². The van der Waals surface area contributed by atoms with Crippen molar-refractivity contribution in [3.05, 3.63) is 77.9 Å². The van der Waals surface area contributed by atoms with Gasteiger partial charge in [0.2, 0.25) is 0 Å². The Kier molecular flexibility index (Phi) is 5.72. The van der Waals surface area contributed by atoms with Crippen molar-refractivity contribution in [2.24, 2.45) is 11.8 Å². The highest BCUT2D eigenvalue weighted by Gasteiger charge is 2.33. The summed E-state index contributed by atoms with van der Waals surface area (Å²) in [7, 11) is 0. The number of aldehydes is 1. The molecule has 0 radical (unpaired) electrons.